The fourth-order valence-electron chi connectivity index (χ4n) is 5.34. The summed E-state index contributed by atoms with van der Waals surface area (Å²) in [6, 6.07) is 0. The van der Waals surface area contributed by atoms with Crippen molar-refractivity contribution in [3.05, 3.63) is 12.2 Å². The van der Waals surface area contributed by atoms with Crippen LogP contribution in [0.3, 0.4) is 0 Å². The maximum absolute atomic E-state index is 13.7. The van der Waals surface area contributed by atoms with Crippen molar-refractivity contribution in [1.29, 1.82) is 0 Å². The van der Waals surface area contributed by atoms with E-state index in [1.807, 2.05) is 0 Å². The number of rotatable bonds is 10. The maximum Gasteiger partial charge on any atom is 0.465 e. The molecule has 0 aromatic rings. The third kappa shape index (κ3) is 5.13. The Morgan fingerprint density at radius 3 is 2.31 bits per heavy atom. The third-order valence-electron chi connectivity index (χ3n) is 6.37. The van der Waals surface area contributed by atoms with E-state index in [9.17, 15) is 26.8 Å². The molecule has 0 radical (unpaired) electrons. The molecule has 4 fully saturated rings. The Hall–Kier alpha value is -1.63. The normalized spacial score (nSPS) is 32.4. The molecule has 4 rings (SSSR count). The number of halogens is 2. The second-order valence-electron chi connectivity index (χ2n) is 8.99. The van der Waals surface area contributed by atoms with Crippen molar-refractivity contribution in [3.8, 4) is 0 Å². The number of ether oxygens (including phenoxy) is 4. The number of carbonyl (C=O) groups is 2. The van der Waals surface area contributed by atoms with Gasteiger partial charge < -0.3 is 18.9 Å². The first-order valence-corrected chi connectivity index (χ1v) is 11.9. The molecule has 4 bridgehead atoms. The van der Waals surface area contributed by atoms with Crippen LogP contribution in [0.4, 0.5) is 8.78 Å². The fourth-order valence-corrected chi connectivity index (χ4v) is 5.60. The molecule has 4 aliphatic carbocycles. The quantitative estimate of drug-likeness (QED) is 0.164. The van der Waals surface area contributed by atoms with E-state index in [2.05, 4.69) is 6.58 Å². The van der Waals surface area contributed by atoms with Crippen molar-refractivity contribution in [3.63, 3.8) is 0 Å². The first kappa shape index (κ1) is 25.0. The molecular weight excluding hydrogens is 454 g/mol. The van der Waals surface area contributed by atoms with E-state index in [0.717, 1.165) is 12.8 Å². The Labute approximate surface area is 185 Å². The summed E-state index contributed by atoms with van der Waals surface area (Å²) >= 11 is 0. The number of carbonyl (C=O) groups excluding carboxylic acids is 2. The van der Waals surface area contributed by atoms with E-state index in [1.54, 1.807) is 6.92 Å². The van der Waals surface area contributed by atoms with Gasteiger partial charge in [0.15, 0.2) is 6.29 Å². The summed E-state index contributed by atoms with van der Waals surface area (Å²) in [5.41, 5.74) is -0.908. The van der Waals surface area contributed by atoms with Crippen LogP contribution >= 0.6 is 0 Å². The number of esters is 2. The van der Waals surface area contributed by atoms with Gasteiger partial charge in [-0.05, 0) is 63.7 Å². The summed E-state index contributed by atoms with van der Waals surface area (Å²) in [5, 5.41) is -5.01. The Kier molecular flexibility index (Phi) is 7.00. The van der Waals surface area contributed by atoms with Crippen LogP contribution in [0.2, 0.25) is 0 Å². The fraction of sp³-hybridized carbons (Fsp3) is 0.800. The molecule has 1 N–H and O–H groups in total. The minimum absolute atomic E-state index is 0.0417. The van der Waals surface area contributed by atoms with Crippen LogP contribution < -0.4 is 0 Å². The number of hydrogen-bond donors (Lipinski definition) is 1. The zero-order chi connectivity index (χ0) is 23.9. The van der Waals surface area contributed by atoms with Crippen LogP contribution in [0.25, 0.3) is 0 Å². The lowest BCUT2D eigenvalue weighted by atomic mass is 9.53. The molecule has 32 heavy (non-hydrogen) atoms. The lowest BCUT2D eigenvalue weighted by molar-refractivity contribution is -0.254. The molecule has 182 valence electrons. The van der Waals surface area contributed by atoms with Gasteiger partial charge in [-0.15, -0.1) is 0 Å². The molecule has 0 aromatic heterocycles. The van der Waals surface area contributed by atoms with Gasteiger partial charge in [0.1, 0.15) is 12.2 Å². The molecule has 4 aliphatic rings. The summed E-state index contributed by atoms with van der Waals surface area (Å²) < 4.78 is 79.4. The van der Waals surface area contributed by atoms with Crippen LogP contribution in [0.15, 0.2) is 12.2 Å². The highest BCUT2D eigenvalue weighted by atomic mass is 32.2. The first-order valence-electron chi connectivity index (χ1n) is 10.4. The SMILES string of the molecule is C=C(C)C(=O)OCCOC(C)OC1C2CC3CC1CC(OC(=O)C(F)(F)S(=O)(=O)O)(C3)C2. The van der Waals surface area contributed by atoms with Crippen molar-refractivity contribution in [2.45, 2.75) is 69.2 Å². The van der Waals surface area contributed by atoms with Gasteiger partial charge in [-0.3, -0.25) is 4.55 Å². The summed E-state index contributed by atoms with van der Waals surface area (Å²) in [6.45, 7) is 6.89. The summed E-state index contributed by atoms with van der Waals surface area (Å²) in [4.78, 5) is 23.2. The van der Waals surface area contributed by atoms with Crippen LogP contribution in [-0.4, -0.2) is 61.4 Å². The summed E-state index contributed by atoms with van der Waals surface area (Å²) in [6.07, 6.45) is 1.62. The van der Waals surface area contributed by atoms with Crippen LogP contribution in [0.5, 0.6) is 0 Å². The molecule has 3 atom stereocenters. The average molecular weight is 482 g/mol. The monoisotopic (exact) mass is 482 g/mol. The predicted octanol–water partition coefficient (Wildman–Crippen LogP) is 2.46. The van der Waals surface area contributed by atoms with Crippen LogP contribution in [-0.2, 0) is 38.7 Å². The topological polar surface area (TPSA) is 125 Å². The lowest BCUT2D eigenvalue weighted by Gasteiger charge is -2.59. The average Bonchev–Trinajstić information content (AvgIpc) is 2.66. The van der Waals surface area contributed by atoms with Crippen LogP contribution in [0.1, 0.15) is 46.0 Å². The highest BCUT2D eigenvalue weighted by Crippen LogP contribution is 2.58. The molecule has 0 amide bonds. The van der Waals surface area contributed by atoms with E-state index in [4.69, 9.17) is 23.5 Å². The van der Waals surface area contributed by atoms with Gasteiger partial charge in [-0.2, -0.15) is 17.2 Å². The Morgan fingerprint density at radius 1 is 1.19 bits per heavy atom. The zero-order valence-corrected chi connectivity index (χ0v) is 18.7. The van der Waals surface area contributed by atoms with Crippen molar-refractivity contribution in [1.82, 2.24) is 0 Å². The van der Waals surface area contributed by atoms with E-state index in [-0.39, 0.29) is 55.5 Å². The standard InChI is InChI=1S/C20H28F2O9S/c1-11(2)17(23)29-5-4-28-12(3)30-16-14-6-13-7-15(16)10-19(8-13,9-14)31-18(24)20(21,22)32(25,26)27/h12-16H,1,4-10H2,2-3H3,(H,25,26,27). The number of hydrogen-bond acceptors (Lipinski definition) is 8. The molecule has 0 spiro atoms. The highest BCUT2D eigenvalue weighted by Gasteiger charge is 2.62. The van der Waals surface area contributed by atoms with Gasteiger partial charge in [0.25, 0.3) is 0 Å². The van der Waals surface area contributed by atoms with Gasteiger partial charge in [0, 0.05) is 5.57 Å². The zero-order valence-electron chi connectivity index (χ0n) is 17.9. The summed E-state index contributed by atoms with van der Waals surface area (Å²) in [5.74, 6) is -2.75. The van der Waals surface area contributed by atoms with E-state index < -0.39 is 39.2 Å². The largest absolute Gasteiger partial charge is 0.465 e. The maximum atomic E-state index is 13.7. The Balaban J connectivity index is 1.56. The summed E-state index contributed by atoms with van der Waals surface area (Å²) in [7, 11) is -5.92. The third-order valence-corrected chi connectivity index (χ3v) is 7.18. The Bertz CT molecular complexity index is 856. The molecule has 0 saturated heterocycles. The molecule has 3 unspecified atom stereocenters. The van der Waals surface area contributed by atoms with E-state index in [0.29, 0.717) is 6.42 Å². The van der Waals surface area contributed by atoms with Gasteiger partial charge >= 0.3 is 27.3 Å². The van der Waals surface area contributed by atoms with Gasteiger partial charge in [-0.25, -0.2) is 9.59 Å². The molecule has 0 aliphatic heterocycles. The van der Waals surface area contributed by atoms with E-state index >= 15 is 0 Å². The van der Waals surface area contributed by atoms with Gasteiger partial charge in [0.05, 0.1) is 12.7 Å². The smallest absolute Gasteiger partial charge is 0.460 e. The molecule has 0 aromatic carbocycles. The minimum atomic E-state index is -5.92. The lowest BCUT2D eigenvalue weighted by Crippen LogP contribution is -2.60. The molecule has 0 heterocycles. The van der Waals surface area contributed by atoms with Crippen molar-refractivity contribution in [2.75, 3.05) is 13.2 Å². The van der Waals surface area contributed by atoms with Gasteiger partial charge in [0.2, 0.25) is 0 Å². The molecule has 9 nitrogen and oxygen atoms in total. The van der Waals surface area contributed by atoms with Crippen molar-refractivity contribution in [2.24, 2.45) is 17.8 Å². The highest BCUT2D eigenvalue weighted by molar-refractivity contribution is 7.87. The molecule has 4 saturated carbocycles. The van der Waals surface area contributed by atoms with Crippen molar-refractivity contribution >= 4 is 22.1 Å². The number of alkyl halides is 2. The Morgan fingerprint density at radius 2 is 1.78 bits per heavy atom. The minimum Gasteiger partial charge on any atom is -0.460 e. The predicted molar refractivity (Wildman–Crippen MR) is 105 cm³/mol. The van der Waals surface area contributed by atoms with Crippen molar-refractivity contribution < 1.29 is 50.3 Å². The van der Waals surface area contributed by atoms with Crippen LogP contribution in [0, 0.1) is 17.8 Å². The van der Waals surface area contributed by atoms with E-state index in [1.165, 1.54) is 6.92 Å². The molecule has 12 heteroatoms. The first-order chi connectivity index (χ1) is 14.7. The second kappa shape index (κ2) is 8.96. The second-order valence-corrected chi connectivity index (χ2v) is 10.5. The molecular formula is C20H28F2O9S. The van der Waals surface area contributed by atoms with Gasteiger partial charge in [-0.1, -0.05) is 6.58 Å².